The Labute approximate surface area is 124 Å². The number of nitrogens with zero attached hydrogens (tertiary/aromatic N) is 1. The van der Waals surface area contributed by atoms with Gasteiger partial charge in [-0.25, -0.2) is 0 Å². The van der Waals surface area contributed by atoms with Crippen LogP contribution in [0.1, 0.15) is 44.9 Å². The van der Waals surface area contributed by atoms with Gasteiger partial charge in [0.15, 0.2) is 4.67 Å². The number of furan rings is 1. The van der Waals surface area contributed by atoms with Gasteiger partial charge in [0.25, 0.3) is 0 Å². The van der Waals surface area contributed by atoms with Crippen LogP contribution in [0.3, 0.4) is 0 Å². The van der Waals surface area contributed by atoms with E-state index in [1.54, 1.807) is 0 Å². The lowest BCUT2D eigenvalue weighted by Gasteiger charge is -2.36. The molecule has 4 heteroatoms. The molecule has 1 aliphatic rings. The fourth-order valence-corrected chi connectivity index (χ4v) is 3.53. The molecule has 1 saturated heterocycles. The monoisotopic (exact) mass is 328 g/mol. The van der Waals surface area contributed by atoms with E-state index in [0.717, 1.165) is 17.0 Å². The minimum absolute atomic E-state index is 0.390. The first kappa shape index (κ1) is 15.1. The third-order valence-corrected chi connectivity index (χ3v) is 4.49. The summed E-state index contributed by atoms with van der Waals surface area (Å²) in [4.78, 5) is 2.60. The molecule has 1 N–H and O–H groups in total. The molecule has 2 heterocycles. The molecule has 1 aromatic rings. The average Bonchev–Trinajstić information content (AvgIpc) is 2.67. The van der Waals surface area contributed by atoms with Crippen molar-refractivity contribution in [3.63, 3.8) is 0 Å². The molecule has 0 aromatic carbocycles. The highest BCUT2D eigenvalue weighted by atomic mass is 79.9. The van der Waals surface area contributed by atoms with Gasteiger partial charge < -0.3 is 9.73 Å². The Bertz CT molecular complexity index is 391. The van der Waals surface area contributed by atoms with E-state index in [-0.39, 0.29) is 0 Å². The highest BCUT2D eigenvalue weighted by Crippen LogP contribution is 2.37. The average molecular weight is 329 g/mol. The summed E-state index contributed by atoms with van der Waals surface area (Å²) in [5.41, 5.74) is 0. The molecule has 1 fully saturated rings. The van der Waals surface area contributed by atoms with Crippen molar-refractivity contribution in [3.8, 4) is 0 Å². The number of rotatable bonds is 4. The van der Waals surface area contributed by atoms with E-state index >= 15 is 0 Å². The molecule has 2 rings (SSSR count). The standard InChI is InChI=1S/C15H25BrN2O/c1-11(2)18-9-5-4-6-12(10-17-3)15(18)13-7-8-14(16)19-13/h7-8,11-12,15,17H,4-6,9-10H2,1-3H3. The second-order valence-electron chi connectivity index (χ2n) is 5.73. The molecule has 1 aliphatic heterocycles. The van der Waals surface area contributed by atoms with Gasteiger partial charge in [-0.15, -0.1) is 0 Å². The molecule has 0 radical (unpaired) electrons. The molecule has 0 spiro atoms. The van der Waals surface area contributed by atoms with Gasteiger partial charge in [0, 0.05) is 6.04 Å². The van der Waals surface area contributed by atoms with Gasteiger partial charge in [-0.3, -0.25) is 4.90 Å². The largest absolute Gasteiger partial charge is 0.453 e. The van der Waals surface area contributed by atoms with Crippen molar-refractivity contribution in [2.45, 2.75) is 45.2 Å². The second kappa shape index (κ2) is 6.91. The van der Waals surface area contributed by atoms with E-state index < -0.39 is 0 Å². The van der Waals surface area contributed by atoms with Gasteiger partial charge in [-0.2, -0.15) is 0 Å². The van der Waals surface area contributed by atoms with Crippen molar-refractivity contribution in [1.82, 2.24) is 10.2 Å². The smallest absolute Gasteiger partial charge is 0.169 e. The second-order valence-corrected chi connectivity index (χ2v) is 6.51. The highest BCUT2D eigenvalue weighted by molar-refractivity contribution is 9.10. The van der Waals surface area contributed by atoms with E-state index in [4.69, 9.17) is 4.42 Å². The maximum Gasteiger partial charge on any atom is 0.169 e. The van der Waals surface area contributed by atoms with Gasteiger partial charge >= 0.3 is 0 Å². The number of likely N-dealkylation sites (tertiary alicyclic amines) is 1. The quantitative estimate of drug-likeness (QED) is 0.910. The van der Waals surface area contributed by atoms with E-state index in [0.29, 0.717) is 18.0 Å². The summed E-state index contributed by atoms with van der Waals surface area (Å²) in [6.07, 6.45) is 3.87. The molecule has 2 atom stereocenters. The molecule has 19 heavy (non-hydrogen) atoms. The van der Waals surface area contributed by atoms with Crippen LogP contribution in [0.5, 0.6) is 0 Å². The van der Waals surface area contributed by atoms with Crippen molar-refractivity contribution in [2.75, 3.05) is 20.1 Å². The lowest BCUT2D eigenvalue weighted by molar-refractivity contribution is 0.0999. The fraction of sp³-hybridized carbons (Fsp3) is 0.733. The third-order valence-electron chi connectivity index (χ3n) is 4.06. The van der Waals surface area contributed by atoms with Crippen molar-refractivity contribution in [3.05, 3.63) is 22.6 Å². The molecular formula is C15H25BrN2O. The Morgan fingerprint density at radius 3 is 2.79 bits per heavy atom. The third kappa shape index (κ3) is 3.61. The Balaban J connectivity index is 2.30. The van der Waals surface area contributed by atoms with E-state index in [9.17, 15) is 0 Å². The predicted molar refractivity (Wildman–Crippen MR) is 82.3 cm³/mol. The molecule has 0 bridgehead atoms. The van der Waals surface area contributed by atoms with Gasteiger partial charge in [0.05, 0.1) is 6.04 Å². The topological polar surface area (TPSA) is 28.4 Å². The highest BCUT2D eigenvalue weighted by Gasteiger charge is 2.34. The first-order chi connectivity index (χ1) is 9.13. The molecule has 2 unspecified atom stereocenters. The zero-order valence-electron chi connectivity index (χ0n) is 12.2. The molecule has 3 nitrogen and oxygen atoms in total. The van der Waals surface area contributed by atoms with Crippen molar-refractivity contribution >= 4 is 15.9 Å². The fourth-order valence-electron chi connectivity index (χ4n) is 3.21. The predicted octanol–water partition coefficient (Wildman–Crippen LogP) is 3.81. The van der Waals surface area contributed by atoms with Gasteiger partial charge in [0.2, 0.25) is 0 Å². The van der Waals surface area contributed by atoms with Crippen LogP contribution in [0.15, 0.2) is 21.2 Å². The summed E-state index contributed by atoms with van der Waals surface area (Å²) in [5.74, 6) is 1.72. The number of hydrogen-bond acceptors (Lipinski definition) is 3. The maximum absolute atomic E-state index is 5.88. The van der Waals surface area contributed by atoms with Crippen LogP contribution in [0.25, 0.3) is 0 Å². The lowest BCUT2D eigenvalue weighted by atomic mass is 9.92. The molecule has 0 aliphatic carbocycles. The van der Waals surface area contributed by atoms with E-state index in [1.165, 1.54) is 25.8 Å². The van der Waals surface area contributed by atoms with Crippen LogP contribution in [-0.4, -0.2) is 31.1 Å². The summed E-state index contributed by atoms with van der Waals surface area (Å²) in [7, 11) is 2.04. The number of hydrogen-bond donors (Lipinski definition) is 1. The van der Waals surface area contributed by atoms with Crippen LogP contribution >= 0.6 is 15.9 Å². The normalized spacial score (nSPS) is 25.7. The van der Waals surface area contributed by atoms with Crippen molar-refractivity contribution in [2.24, 2.45) is 5.92 Å². The summed E-state index contributed by atoms with van der Waals surface area (Å²) in [6, 6.07) is 5.07. The number of halogens is 1. The van der Waals surface area contributed by atoms with Crippen LogP contribution in [0.2, 0.25) is 0 Å². The summed E-state index contributed by atoms with van der Waals surface area (Å²) in [5, 5.41) is 3.35. The molecule has 1 aromatic heterocycles. The molecule has 0 saturated carbocycles. The SMILES string of the molecule is CNCC1CCCCN(C(C)C)C1c1ccc(Br)o1. The van der Waals surface area contributed by atoms with Crippen LogP contribution in [0, 0.1) is 5.92 Å². The first-order valence-corrected chi connectivity index (χ1v) is 8.08. The Morgan fingerprint density at radius 2 is 2.21 bits per heavy atom. The maximum atomic E-state index is 5.88. The summed E-state index contributed by atoms with van der Waals surface area (Å²) >= 11 is 3.43. The Kier molecular flexibility index (Phi) is 5.48. The summed E-state index contributed by atoms with van der Waals surface area (Å²) < 4.78 is 6.71. The van der Waals surface area contributed by atoms with Crippen LogP contribution in [0.4, 0.5) is 0 Å². The number of nitrogens with one attached hydrogen (secondary N) is 1. The molecule has 0 amide bonds. The van der Waals surface area contributed by atoms with Gasteiger partial charge in [-0.1, -0.05) is 6.42 Å². The molecule has 108 valence electrons. The zero-order chi connectivity index (χ0) is 13.8. The zero-order valence-corrected chi connectivity index (χ0v) is 13.7. The van der Waals surface area contributed by atoms with Crippen LogP contribution < -0.4 is 5.32 Å². The lowest BCUT2D eigenvalue weighted by Crippen LogP contribution is -2.40. The van der Waals surface area contributed by atoms with Crippen LogP contribution in [-0.2, 0) is 0 Å². The minimum atomic E-state index is 0.390. The Morgan fingerprint density at radius 1 is 1.42 bits per heavy atom. The summed E-state index contributed by atoms with van der Waals surface area (Å²) in [6.45, 7) is 6.78. The van der Waals surface area contributed by atoms with Gasteiger partial charge in [-0.05, 0) is 80.8 Å². The van der Waals surface area contributed by atoms with E-state index in [2.05, 4.69) is 46.1 Å². The Hall–Kier alpha value is -0.320. The minimum Gasteiger partial charge on any atom is -0.453 e. The van der Waals surface area contributed by atoms with Crippen molar-refractivity contribution in [1.29, 1.82) is 0 Å². The van der Waals surface area contributed by atoms with E-state index in [1.807, 2.05) is 13.1 Å². The molecular weight excluding hydrogens is 304 g/mol. The van der Waals surface area contributed by atoms with Gasteiger partial charge in [0.1, 0.15) is 5.76 Å². The first-order valence-electron chi connectivity index (χ1n) is 7.29. The van der Waals surface area contributed by atoms with Crippen molar-refractivity contribution < 1.29 is 4.42 Å².